The lowest BCUT2D eigenvalue weighted by Gasteiger charge is -2.07. The number of imidazole rings is 1. The Hall–Kier alpha value is -3.09. The van der Waals surface area contributed by atoms with E-state index in [0.717, 1.165) is 0 Å². The molecule has 3 aromatic heterocycles. The Kier molecular flexibility index (Phi) is 3.38. The van der Waals surface area contributed by atoms with Crippen LogP contribution in [0.1, 0.15) is 16.2 Å². The Morgan fingerprint density at radius 1 is 1.14 bits per heavy atom. The lowest BCUT2D eigenvalue weighted by Crippen LogP contribution is -2.16. The molecule has 3 heterocycles. The normalized spacial score (nSPS) is 10.3. The summed E-state index contributed by atoms with van der Waals surface area (Å²) in [7, 11) is 0. The van der Waals surface area contributed by atoms with Gasteiger partial charge in [0.2, 0.25) is 5.95 Å². The Labute approximate surface area is 120 Å². The summed E-state index contributed by atoms with van der Waals surface area (Å²) in [5, 5.41) is 2.76. The molecule has 0 radical (unpaired) electrons. The van der Waals surface area contributed by atoms with Gasteiger partial charge in [-0.2, -0.15) is 0 Å². The van der Waals surface area contributed by atoms with E-state index < -0.39 is 0 Å². The Morgan fingerprint density at radius 3 is 2.67 bits per heavy atom. The fraction of sp³-hybridized carbons (Fsp3) is 0.0714. The summed E-state index contributed by atoms with van der Waals surface area (Å²) < 4.78 is 1.65. The fourth-order valence-corrected chi connectivity index (χ4v) is 1.79. The summed E-state index contributed by atoms with van der Waals surface area (Å²) in [5.74, 6) is 0.112. The summed E-state index contributed by atoms with van der Waals surface area (Å²) in [6.07, 6.45) is 8.15. The topological polar surface area (TPSA) is 85.6 Å². The van der Waals surface area contributed by atoms with Crippen molar-refractivity contribution in [3.8, 4) is 5.95 Å². The number of carbonyl (C=O) groups is 1. The summed E-state index contributed by atoms with van der Waals surface area (Å²) >= 11 is 0. The van der Waals surface area contributed by atoms with E-state index in [2.05, 4.69) is 25.3 Å². The van der Waals surface area contributed by atoms with E-state index in [-0.39, 0.29) is 5.91 Å². The van der Waals surface area contributed by atoms with Crippen LogP contribution in [0.25, 0.3) is 5.95 Å². The highest BCUT2D eigenvalue weighted by Crippen LogP contribution is 2.09. The molecule has 0 aliphatic heterocycles. The van der Waals surface area contributed by atoms with Gasteiger partial charge < -0.3 is 5.32 Å². The summed E-state index contributed by atoms with van der Waals surface area (Å²) in [6, 6.07) is 5.06. The minimum Gasteiger partial charge on any atom is -0.321 e. The van der Waals surface area contributed by atoms with Crippen LogP contribution < -0.4 is 5.32 Å². The maximum absolute atomic E-state index is 12.2. The molecule has 0 saturated carbocycles. The van der Waals surface area contributed by atoms with Gasteiger partial charge in [0, 0.05) is 36.2 Å². The van der Waals surface area contributed by atoms with Gasteiger partial charge in [-0.05, 0) is 25.1 Å². The lowest BCUT2D eigenvalue weighted by atomic mass is 10.3. The molecule has 0 aliphatic carbocycles. The first-order chi connectivity index (χ1) is 10.2. The average molecular weight is 280 g/mol. The highest BCUT2D eigenvalue weighted by Gasteiger charge is 2.11. The molecule has 1 amide bonds. The SMILES string of the molecule is Cc1cc(C(=O)Nc2ccncc2)nc(-n2ccnc2)n1. The molecule has 7 nitrogen and oxygen atoms in total. The lowest BCUT2D eigenvalue weighted by molar-refractivity contribution is 0.102. The number of aryl methyl sites for hydroxylation is 1. The van der Waals surface area contributed by atoms with Crippen molar-refractivity contribution in [3.05, 3.63) is 60.7 Å². The Bertz CT molecular complexity index is 754. The van der Waals surface area contributed by atoms with E-state index in [0.29, 0.717) is 23.0 Å². The number of hydrogen-bond acceptors (Lipinski definition) is 5. The van der Waals surface area contributed by atoms with Crippen molar-refractivity contribution < 1.29 is 4.79 Å². The molecule has 104 valence electrons. The van der Waals surface area contributed by atoms with E-state index in [1.165, 1.54) is 0 Å². The summed E-state index contributed by atoms with van der Waals surface area (Å²) in [5.41, 5.74) is 1.66. The van der Waals surface area contributed by atoms with Gasteiger partial charge in [0.25, 0.3) is 5.91 Å². The van der Waals surface area contributed by atoms with Crippen molar-refractivity contribution in [2.75, 3.05) is 5.32 Å². The first-order valence-corrected chi connectivity index (χ1v) is 6.28. The predicted octanol–water partition coefficient (Wildman–Crippen LogP) is 1.62. The average Bonchev–Trinajstić information content (AvgIpc) is 3.02. The van der Waals surface area contributed by atoms with Gasteiger partial charge in [-0.3, -0.25) is 14.3 Å². The van der Waals surface area contributed by atoms with Gasteiger partial charge in [0.05, 0.1) is 0 Å². The third kappa shape index (κ3) is 2.92. The van der Waals surface area contributed by atoms with Crippen LogP contribution >= 0.6 is 0 Å². The number of amides is 1. The van der Waals surface area contributed by atoms with Gasteiger partial charge in [-0.15, -0.1) is 0 Å². The third-order valence-corrected chi connectivity index (χ3v) is 2.75. The third-order valence-electron chi connectivity index (χ3n) is 2.75. The molecule has 0 saturated heterocycles. The van der Waals surface area contributed by atoms with Crippen molar-refractivity contribution in [1.82, 2.24) is 24.5 Å². The quantitative estimate of drug-likeness (QED) is 0.788. The number of hydrogen-bond donors (Lipinski definition) is 1. The van der Waals surface area contributed by atoms with Gasteiger partial charge in [-0.1, -0.05) is 0 Å². The second-order valence-electron chi connectivity index (χ2n) is 4.35. The Balaban J connectivity index is 1.90. The second kappa shape index (κ2) is 5.49. The fourth-order valence-electron chi connectivity index (χ4n) is 1.79. The van der Waals surface area contributed by atoms with Gasteiger partial charge in [0.15, 0.2) is 0 Å². The van der Waals surface area contributed by atoms with Gasteiger partial charge in [-0.25, -0.2) is 15.0 Å². The molecule has 7 heteroatoms. The number of anilines is 1. The van der Waals surface area contributed by atoms with Crippen LogP contribution in [0.4, 0.5) is 5.69 Å². The van der Waals surface area contributed by atoms with E-state index >= 15 is 0 Å². The zero-order valence-corrected chi connectivity index (χ0v) is 11.3. The molecular formula is C14H12N6O. The first-order valence-electron chi connectivity index (χ1n) is 6.28. The van der Waals surface area contributed by atoms with E-state index in [9.17, 15) is 4.79 Å². The van der Waals surface area contributed by atoms with E-state index in [4.69, 9.17) is 0 Å². The van der Waals surface area contributed by atoms with Crippen LogP contribution in [-0.4, -0.2) is 30.4 Å². The highest BCUT2D eigenvalue weighted by atomic mass is 16.1. The van der Waals surface area contributed by atoms with Crippen molar-refractivity contribution in [1.29, 1.82) is 0 Å². The smallest absolute Gasteiger partial charge is 0.274 e. The van der Waals surface area contributed by atoms with Gasteiger partial charge >= 0.3 is 0 Å². The summed E-state index contributed by atoms with van der Waals surface area (Å²) in [6.45, 7) is 1.81. The first kappa shape index (κ1) is 12.9. The zero-order chi connectivity index (χ0) is 14.7. The number of nitrogens with one attached hydrogen (secondary N) is 1. The van der Waals surface area contributed by atoms with Crippen LogP contribution in [0.15, 0.2) is 49.3 Å². The van der Waals surface area contributed by atoms with Crippen LogP contribution in [0.5, 0.6) is 0 Å². The molecule has 0 aromatic carbocycles. The van der Waals surface area contributed by atoms with Crippen molar-refractivity contribution in [2.24, 2.45) is 0 Å². The van der Waals surface area contributed by atoms with Crippen LogP contribution in [-0.2, 0) is 0 Å². The predicted molar refractivity (Wildman–Crippen MR) is 76.1 cm³/mol. The van der Waals surface area contributed by atoms with Crippen LogP contribution in [0, 0.1) is 6.92 Å². The monoisotopic (exact) mass is 280 g/mol. The molecule has 3 aromatic rings. The molecule has 3 rings (SSSR count). The molecule has 1 N–H and O–H groups in total. The molecule has 0 aliphatic rings. The molecule has 0 bridgehead atoms. The molecule has 0 spiro atoms. The largest absolute Gasteiger partial charge is 0.321 e. The number of pyridine rings is 1. The molecular weight excluding hydrogens is 268 g/mol. The maximum Gasteiger partial charge on any atom is 0.274 e. The Morgan fingerprint density at radius 2 is 1.95 bits per heavy atom. The standard InChI is InChI=1S/C14H12N6O/c1-10-8-12(13(21)18-11-2-4-15-5-3-11)19-14(17-10)20-7-6-16-9-20/h2-9H,1H3,(H,15,18,21). The van der Waals surface area contributed by atoms with Gasteiger partial charge in [0.1, 0.15) is 12.0 Å². The number of aromatic nitrogens is 5. The van der Waals surface area contributed by atoms with Crippen LogP contribution in [0.2, 0.25) is 0 Å². The van der Waals surface area contributed by atoms with Crippen LogP contribution in [0.3, 0.4) is 0 Å². The van der Waals surface area contributed by atoms with Crippen molar-refractivity contribution in [2.45, 2.75) is 6.92 Å². The minimum absolute atomic E-state index is 0.294. The molecule has 21 heavy (non-hydrogen) atoms. The summed E-state index contributed by atoms with van der Waals surface area (Å²) in [4.78, 5) is 28.6. The number of rotatable bonds is 3. The maximum atomic E-state index is 12.2. The van der Waals surface area contributed by atoms with E-state index in [1.807, 2.05) is 6.92 Å². The van der Waals surface area contributed by atoms with E-state index in [1.54, 1.807) is 53.9 Å². The zero-order valence-electron chi connectivity index (χ0n) is 11.3. The minimum atomic E-state index is -0.298. The number of nitrogens with zero attached hydrogens (tertiary/aromatic N) is 5. The molecule has 0 fully saturated rings. The van der Waals surface area contributed by atoms with Crippen molar-refractivity contribution in [3.63, 3.8) is 0 Å². The van der Waals surface area contributed by atoms with Crippen molar-refractivity contribution >= 4 is 11.6 Å². The molecule has 0 atom stereocenters. The second-order valence-corrected chi connectivity index (χ2v) is 4.35. The molecule has 0 unspecified atom stereocenters. The number of carbonyl (C=O) groups excluding carboxylic acids is 1. The highest BCUT2D eigenvalue weighted by molar-refractivity contribution is 6.02.